The summed E-state index contributed by atoms with van der Waals surface area (Å²) < 4.78 is 31.0. The van der Waals surface area contributed by atoms with Crippen LogP contribution in [0.4, 0.5) is 0 Å². The highest BCUT2D eigenvalue weighted by atomic mass is 32.2. The van der Waals surface area contributed by atoms with Crippen LogP contribution in [0.3, 0.4) is 0 Å². The Morgan fingerprint density at radius 3 is 2.12 bits per heavy atom. The third-order valence-corrected chi connectivity index (χ3v) is 3.23. The molecule has 0 saturated heterocycles. The van der Waals surface area contributed by atoms with Gasteiger partial charge in [-0.25, -0.2) is 0 Å². The molecule has 88 valence electrons. The van der Waals surface area contributed by atoms with E-state index in [9.17, 15) is 13.5 Å². The van der Waals surface area contributed by atoms with Gasteiger partial charge in [-0.15, -0.1) is 0 Å². The van der Waals surface area contributed by atoms with Crippen molar-refractivity contribution in [2.24, 2.45) is 0 Å². The summed E-state index contributed by atoms with van der Waals surface area (Å²) in [6.07, 6.45) is 0. The molecule has 0 aliphatic carbocycles. The predicted octanol–water partition coefficient (Wildman–Crippen LogP) is 2.31. The molecule has 0 saturated carbocycles. The van der Waals surface area contributed by atoms with E-state index in [0.717, 1.165) is 5.56 Å². The van der Waals surface area contributed by atoms with E-state index in [-0.39, 0.29) is 0 Å². The molecule has 0 amide bonds. The van der Waals surface area contributed by atoms with Crippen LogP contribution in [0.1, 0.15) is 0 Å². The zero-order valence-electron chi connectivity index (χ0n) is 8.74. The molecule has 0 spiro atoms. The molecule has 2 aromatic rings. The maximum atomic E-state index is 11.0. The molecule has 17 heavy (non-hydrogen) atoms. The molecule has 0 bridgehead atoms. The van der Waals surface area contributed by atoms with E-state index in [1.54, 1.807) is 18.2 Å². The molecule has 0 aliphatic rings. The summed E-state index contributed by atoms with van der Waals surface area (Å²) in [5.41, 5.74) is 1.41. The molecule has 4 nitrogen and oxygen atoms in total. The highest BCUT2D eigenvalue weighted by molar-refractivity contribution is 7.86. The topological polar surface area (TPSA) is 74.6 Å². The van der Waals surface area contributed by atoms with Crippen LogP contribution in [0.5, 0.6) is 5.75 Å². The fourth-order valence-corrected chi connectivity index (χ4v) is 2.14. The van der Waals surface area contributed by atoms with Gasteiger partial charge < -0.3 is 5.11 Å². The molecule has 0 unspecified atom stereocenters. The van der Waals surface area contributed by atoms with Gasteiger partial charge in [0.1, 0.15) is 10.6 Å². The molecule has 5 heteroatoms. The maximum absolute atomic E-state index is 11.0. The summed E-state index contributed by atoms with van der Waals surface area (Å²) in [5, 5.41) is 9.38. The number of rotatable bonds is 2. The Labute approximate surface area is 98.9 Å². The van der Waals surface area contributed by atoms with Gasteiger partial charge in [-0.1, -0.05) is 36.4 Å². The third kappa shape index (κ3) is 2.46. The number of phenols is 1. The molecule has 0 heterocycles. The van der Waals surface area contributed by atoms with Crippen molar-refractivity contribution in [2.75, 3.05) is 0 Å². The standard InChI is InChI=1S/C12H10O4S/c13-11-7-6-10(8-12(11)17(14,15)16)9-4-2-1-3-5-9/h1-8,13H,(H,14,15,16). The number of hydrogen-bond acceptors (Lipinski definition) is 3. The highest BCUT2D eigenvalue weighted by Crippen LogP contribution is 2.28. The van der Waals surface area contributed by atoms with Crippen LogP contribution >= 0.6 is 0 Å². The van der Waals surface area contributed by atoms with Crippen LogP contribution in [0.15, 0.2) is 53.4 Å². The minimum Gasteiger partial charge on any atom is -0.506 e. The van der Waals surface area contributed by atoms with Gasteiger partial charge in [0.25, 0.3) is 10.1 Å². The van der Waals surface area contributed by atoms with E-state index in [1.165, 1.54) is 12.1 Å². The maximum Gasteiger partial charge on any atom is 0.298 e. The summed E-state index contributed by atoms with van der Waals surface area (Å²) >= 11 is 0. The SMILES string of the molecule is O=S(=O)(O)c1cc(-c2ccccc2)ccc1O. The second kappa shape index (κ2) is 4.20. The summed E-state index contributed by atoms with van der Waals surface area (Å²) in [7, 11) is -4.41. The number of hydrogen-bond donors (Lipinski definition) is 2. The first-order chi connectivity index (χ1) is 7.98. The Hall–Kier alpha value is -1.85. The molecular weight excluding hydrogens is 240 g/mol. The fraction of sp³-hybridized carbons (Fsp3) is 0. The predicted molar refractivity (Wildman–Crippen MR) is 63.4 cm³/mol. The van der Waals surface area contributed by atoms with Gasteiger partial charge in [-0.2, -0.15) is 8.42 Å². The lowest BCUT2D eigenvalue weighted by Gasteiger charge is -2.05. The van der Waals surface area contributed by atoms with E-state index in [1.807, 2.05) is 18.2 Å². The van der Waals surface area contributed by atoms with Gasteiger partial charge in [0.05, 0.1) is 0 Å². The van der Waals surface area contributed by atoms with Crippen LogP contribution in [-0.2, 0) is 10.1 Å². The molecular formula is C12H10O4S. The van der Waals surface area contributed by atoms with Crippen molar-refractivity contribution in [3.05, 3.63) is 48.5 Å². The smallest absolute Gasteiger partial charge is 0.298 e. The summed E-state index contributed by atoms with van der Waals surface area (Å²) in [6.45, 7) is 0. The highest BCUT2D eigenvalue weighted by Gasteiger charge is 2.16. The van der Waals surface area contributed by atoms with Gasteiger partial charge in [-0.05, 0) is 23.3 Å². The average molecular weight is 250 g/mol. The molecule has 0 atom stereocenters. The molecule has 0 aliphatic heterocycles. The number of aromatic hydroxyl groups is 1. The van der Waals surface area contributed by atoms with Gasteiger partial charge in [0, 0.05) is 0 Å². The van der Waals surface area contributed by atoms with E-state index in [2.05, 4.69) is 0 Å². The third-order valence-electron chi connectivity index (χ3n) is 2.34. The van der Waals surface area contributed by atoms with E-state index >= 15 is 0 Å². The molecule has 2 aromatic carbocycles. The lowest BCUT2D eigenvalue weighted by Crippen LogP contribution is -1.98. The summed E-state index contributed by atoms with van der Waals surface area (Å²) in [5.74, 6) is -0.466. The summed E-state index contributed by atoms with van der Waals surface area (Å²) in [6, 6.07) is 13.1. The molecule has 0 radical (unpaired) electrons. The molecule has 0 aromatic heterocycles. The van der Waals surface area contributed by atoms with Crippen molar-refractivity contribution in [3.8, 4) is 16.9 Å². The van der Waals surface area contributed by atoms with Crippen molar-refractivity contribution in [2.45, 2.75) is 4.90 Å². The fourth-order valence-electron chi connectivity index (χ4n) is 1.53. The quantitative estimate of drug-likeness (QED) is 0.802. The van der Waals surface area contributed by atoms with Crippen LogP contribution in [0.2, 0.25) is 0 Å². The second-order valence-electron chi connectivity index (χ2n) is 3.52. The molecule has 0 fully saturated rings. The van der Waals surface area contributed by atoms with Crippen LogP contribution in [0.25, 0.3) is 11.1 Å². The minimum absolute atomic E-state index is 0.466. The Morgan fingerprint density at radius 2 is 1.53 bits per heavy atom. The van der Waals surface area contributed by atoms with E-state index in [0.29, 0.717) is 5.56 Å². The van der Waals surface area contributed by atoms with Crippen molar-refractivity contribution < 1.29 is 18.1 Å². The first-order valence-corrected chi connectivity index (χ1v) is 6.28. The van der Waals surface area contributed by atoms with Gasteiger partial charge in [0.15, 0.2) is 0 Å². The lowest BCUT2D eigenvalue weighted by atomic mass is 10.1. The molecule has 2 rings (SSSR count). The van der Waals surface area contributed by atoms with Crippen LogP contribution < -0.4 is 0 Å². The zero-order chi connectivity index (χ0) is 12.5. The Morgan fingerprint density at radius 1 is 0.882 bits per heavy atom. The van der Waals surface area contributed by atoms with Gasteiger partial charge in [-0.3, -0.25) is 4.55 Å². The Bertz CT molecular complexity index is 633. The van der Waals surface area contributed by atoms with E-state index < -0.39 is 20.8 Å². The zero-order valence-corrected chi connectivity index (χ0v) is 9.55. The van der Waals surface area contributed by atoms with Crippen molar-refractivity contribution in [1.82, 2.24) is 0 Å². The van der Waals surface area contributed by atoms with Crippen LogP contribution in [-0.4, -0.2) is 18.1 Å². The van der Waals surface area contributed by atoms with Crippen LogP contribution in [0, 0.1) is 0 Å². The molecule has 2 N–H and O–H groups in total. The van der Waals surface area contributed by atoms with Gasteiger partial charge in [0.2, 0.25) is 0 Å². The lowest BCUT2D eigenvalue weighted by molar-refractivity contribution is 0.443. The number of phenolic OH excluding ortho intramolecular Hbond substituents is 1. The van der Waals surface area contributed by atoms with Crippen molar-refractivity contribution in [3.63, 3.8) is 0 Å². The van der Waals surface area contributed by atoms with Crippen molar-refractivity contribution in [1.29, 1.82) is 0 Å². The Kier molecular flexibility index (Phi) is 2.87. The van der Waals surface area contributed by atoms with Gasteiger partial charge >= 0.3 is 0 Å². The average Bonchev–Trinajstić information content (AvgIpc) is 2.29. The normalized spacial score (nSPS) is 11.4. The second-order valence-corrected chi connectivity index (χ2v) is 4.91. The monoisotopic (exact) mass is 250 g/mol. The Balaban J connectivity index is 2.61. The largest absolute Gasteiger partial charge is 0.506 e. The first-order valence-electron chi connectivity index (χ1n) is 4.84. The van der Waals surface area contributed by atoms with E-state index in [4.69, 9.17) is 4.55 Å². The van der Waals surface area contributed by atoms with Crippen molar-refractivity contribution >= 4 is 10.1 Å². The first kappa shape index (κ1) is 11.6. The minimum atomic E-state index is -4.41. The number of benzene rings is 2. The summed E-state index contributed by atoms with van der Waals surface area (Å²) in [4.78, 5) is -0.487.